The molecule has 3 rings (SSSR count). The SMILES string of the molecule is COc1ccc(-c2nc(N)c3c(n2)CCC3)nn1. The number of nitrogens with zero attached hydrogens (tertiary/aromatic N) is 4. The number of hydrogen-bond donors (Lipinski definition) is 1. The molecular formula is C12H13N5O. The van der Waals surface area contributed by atoms with Gasteiger partial charge in [0.25, 0.3) is 0 Å². The summed E-state index contributed by atoms with van der Waals surface area (Å²) in [5.41, 5.74) is 8.67. The van der Waals surface area contributed by atoms with Gasteiger partial charge in [0.05, 0.1) is 7.11 Å². The number of rotatable bonds is 2. The summed E-state index contributed by atoms with van der Waals surface area (Å²) in [6.45, 7) is 0. The van der Waals surface area contributed by atoms with Crippen LogP contribution in [-0.2, 0) is 12.8 Å². The van der Waals surface area contributed by atoms with Gasteiger partial charge in [0, 0.05) is 17.3 Å². The van der Waals surface area contributed by atoms with Crippen molar-refractivity contribution in [3.8, 4) is 17.4 Å². The molecule has 2 aromatic heterocycles. The maximum Gasteiger partial charge on any atom is 0.233 e. The summed E-state index contributed by atoms with van der Waals surface area (Å²) in [7, 11) is 1.55. The Morgan fingerprint density at radius 3 is 2.78 bits per heavy atom. The predicted molar refractivity (Wildman–Crippen MR) is 66.0 cm³/mol. The largest absolute Gasteiger partial charge is 0.480 e. The van der Waals surface area contributed by atoms with E-state index in [1.165, 1.54) is 0 Å². The lowest BCUT2D eigenvalue weighted by molar-refractivity contribution is 0.392. The standard InChI is InChI=1S/C12H13N5O/c1-18-10-6-5-9(16-17-10)12-14-8-4-2-3-7(8)11(13)15-12/h5-6H,2-4H2,1H3,(H2,13,14,15). The first-order valence-corrected chi connectivity index (χ1v) is 5.81. The number of anilines is 1. The van der Waals surface area contributed by atoms with Crippen molar-refractivity contribution in [2.45, 2.75) is 19.3 Å². The van der Waals surface area contributed by atoms with Crippen LogP contribution in [0.3, 0.4) is 0 Å². The molecule has 0 saturated carbocycles. The number of aromatic nitrogens is 4. The predicted octanol–water partition coefficient (Wildman–Crippen LogP) is 1.01. The lowest BCUT2D eigenvalue weighted by atomic mass is 10.2. The van der Waals surface area contributed by atoms with Crippen molar-refractivity contribution in [2.24, 2.45) is 0 Å². The first kappa shape index (κ1) is 10.9. The van der Waals surface area contributed by atoms with Crippen LogP contribution in [-0.4, -0.2) is 27.3 Å². The Hall–Kier alpha value is -2.24. The highest BCUT2D eigenvalue weighted by molar-refractivity contribution is 5.55. The molecule has 0 unspecified atom stereocenters. The van der Waals surface area contributed by atoms with Crippen LogP contribution in [0.5, 0.6) is 5.88 Å². The van der Waals surface area contributed by atoms with E-state index >= 15 is 0 Å². The Morgan fingerprint density at radius 1 is 1.17 bits per heavy atom. The molecule has 0 saturated heterocycles. The van der Waals surface area contributed by atoms with Gasteiger partial charge < -0.3 is 10.5 Å². The maximum atomic E-state index is 5.94. The lowest BCUT2D eigenvalue weighted by Crippen LogP contribution is -2.04. The fourth-order valence-electron chi connectivity index (χ4n) is 2.12. The molecule has 0 spiro atoms. The summed E-state index contributed by atoms with van der Waals surface area (Å²) < 4.78 is 4.96. The van der Waals surface area contributed by atoms with Gasteiger partial charge >= 0.3 is 0 Å². The van der Waals surface area contributed by atoms with Crippen LogP contribution in [0.15, 0.2) is 12.1 Å². The summed E-state index contributed by atoms with van der Waals surface area (Å²) in [6.07, 6.45) is 3.01. The second kappa shape index (κ2) is 4.21. The molecule has 2 N–H and O–H groups in total. The Morgan fingerprint density at radius 2 is 2.06 bits per heavy atom. The van der Waals surface area contributed by atoms with Gasteiger partial charge in [0.1, 0.15) is 11.5 Å². The second-order valence-electron chi connectivity index (χ2n) is 4.17. The van der Waals surface area contributed by atoms with Crippen LogP contribution in [0.4, 0.5) is 5.82 Å². The monoisotopic (exact) mass is 243 g/mol. The minimum atomic E-state index is 0.466. The molecule has 2 heterocycles. The third-order valence-corrected chi connectivity index (χ3v) is 3.04. The minimum Gasteiger partial charge on any atom is -0.480 e. The van der Waals surface area contributed by atoms with E-state index in [9.17, 15) is 0 Å². The molecule has 2 aromatic rings. The Balaban J connectivity index is 2.03. The number of nitrogen functional groups attached to an aromatic ring is 1. The zero-order chi connectivity index (χ0) is 12.5. The molecule has 6 heteroatoms. The molecule has 6 nitrogen and oxygen atoms in total. The summed E-state index contributed by atoms with van der Waals surface area (Å²) in [5, 5.41) is 7.93. The fourth-order valence-corrected chi connectivity index (χ4v) is 2.12. The van der Waals surface area contributed by atoms with Crippen LogP contribution >= 0.6 is 0 Å². The topological polar surface area (TPSA) is 86.8 Å². The molecule has 0 aromatic carbocycles. The average molecular weight is 243 g/mol. The van der Waals surface area contributed by atoms with E-state index in [0.29, 0.717) is 23.2 Å². The molecule has 92 valence electrons. The van der Waals surface area contributed by atoms with Crippen molar-refractivity contribution in [3.63, 3.8) is 0 Å². The summed E-state index contributed by atoms with van der Waals surface area (Å²) in [5.74, 6) is 1.56. The normalized spacial score (nSPS) is 13.4. The highest BCUT2D eigenvalue weighted by Gasteiger charge is 2.18. The van der Waals surface area contributed by atoms with Crippen molar-refractivity contribution in [1.82, 2.24) is 20.2 Å². The number of fused-ring (bicyclic) bond motifs is 1. The van der Waals surface area contributed by atoms with E-state index in [2.05, 4.69) is 20.2 Å². The number of aryl methyl sites for hydroxylation is 1. The first-order valence-electron chi connectivity index (χ1n) is 5.81. The van der Waals surface area contributed by atoms with Gasteiger partial charge in [-0.25, -0.2) is 9.97 Å². The third kappa shape index (κ3) is 1.75. The van der Waals surface area contributed by atoms with E-state index in [0.717, 1.165) is 30.5 Å². The average Bonchev–Trinajstić information content (AvgIpc) is 2.88. The number of methoxy groups -OCH3 is 1. The Kier molecular flexibility index (Phi) is 2.55. The second-order valence-corrected chi connectivity index (χ2v) is 4.17. The summed E-state index contributed by atoms with van der Waals surface area (Å²) in [6, 6.07) is 3.51. The Labute approximate surface area is 104 Å². The van der Waals surface area contributed by atoms with Crippen LogP contribution in [0.2, 0.25) is 0 Å². The van der Waals surface area contributed by atoms with Crippen LogP contribution in [0.1, 0.15) is 17.7 Å². The molecule has 1 aliphatic carbocycles. The van der Waals surface area contributed by atoms with Crippen LogP contribution < -0.4 is 10.5 Å². The van der Waals surface area contributed by atoms with E-state index in [-0.39, 0.29) is 0 Å². The van der Waals surface area contributed by atoms with Gasteiger partial charge in [-0.2, -0.15) is 0 Å². The van der Waals surface area contributed by atoms with Crippen molar-refractivity contribution in [1.29, 1.82) is 0 Å². The third-order valence-electron chi connectivity index (χ3n) is 3.04. The highest BCUT2D eigenvalue weighted by Crippen LogP contribution is 2.26. The van der Waals surface area contributed by atoms with E-state index in [4.69, 9.17) is 10.5 Å². The summed E-state index contributed by atoms with van der Waals surface area (Å²) >= 11 is 0. The van der Waals surface area contributed by atoms with Gasteiger partial charge in [-0.15, -0.1) is 10.2 Å². The molecule has 0 aliphatic heterocycles. The van der Waals surface area contributed by atoms with E-state index in [1.54, 1.807) is 19.2 Å². The molecule has 0 fully saturated rings. The van der Waals surface area contributed by atoms with Crippen molar-refractivity contribution >= 4 is 5.82 Å². The molecule has 0 amide bonds. The van der Waals surface area contributed by atoms with Crippen LogP contribution in [0.25, 0.3) is 11.5 Å². The zero-order valence-corrected chi connectivity index (χ0v) is 10.1. The van der Waals surface area contributed by atoms with Crippen molar-refractivity contribution in [3.05, 3.63) is 23.4 Å². The quantitative estimate of drug-likeness (QED) is 0.847. The molecule has 0 atom stereocenters. The molecule has 18 heavy (non-hydrogen) atoms. The highest BCUT2D eigenvalue weighted by atomic mass is 16.5. The van der Waals surface area contributed by atoms with E-state index < -0.39 is 0 Å². The number of nitrogens with two attached hydrogens (primary N) is 1. The minimum absolute atomic E-state index is 0.466. The zero-order valence-electron chi connectivity index (χ0n) is 10.1. The number of ether oxygens (including phenoxy) is 1. The van der Waals surface area contributed by atoms with Gasteiger partial charge in [0.2, 0.25) is 5.88 Å². The van der Waals surface area contributed by atoms with Crippen molar-refractivity contribution < 1.29 is 4.74 Å². The first-order chi connectivity index (χ1) is 8.78. The molecule has 0 radical (unpaired) electrons. The van der Waals surface area contributed by atoms with Gasteiger partial charge in [0.15, 0.2) is 5.82 Å². The maximum absolute atomic E-state index is 5.94. The Bertz CT molecular complexity index is 582. The van der Waals surface area contributed by atoms with Crippen molar-refractivity contribution in [2.75, 3.05) is 12.8 Å². The van der Waals surface area contributed by atoms with E-state index in [1.807, 2.05) is 0 Å². The van der Waals surface area contributed by atoms with Gasteiger partial charge in [-0.3, -0.25) is 0 Å². The van der Waals surface area contributed by atoms with Gasteiger partial charge in [-0.1, -0.05) is 0 Å². The summed E-state index contributed by atoms with van der Waals surface area (Å²) in [4.78, 5) is 8.80. The smallest absolute Gasteiger partial charge is 0.233 e. The molecule has 0 bridgehead atoms. The molecule has 1 aliphatic rings. The lowest BCUT2D eigenvalue weighted by Gasteiger charge is -2.05. The fraction of sp³-hybridized carbons (Fsp3) is 0.333. The molecular weight excluding hydrogens is 230 g/mol. The van der Waals surface area contributed by atoms with Gasteiger partial charge in [-0.05, 0) is 25.3 Å². The number of hydrogen-bond acceptors (Lipinski definition) is 6. The van der Waals surface area contributed by atoms with Crippen LogP contribution in [0, 0.1) is 0 Å².